The van der Waals surface area contributed by atoms with Crippen LogP contribution in [-0.2, 0) is 16.6 Å². The fourth-order valence-electron chi connectivity index (χ4n) is 2.68. The van der Waals surface area contributed by atoms with Crippen molar-refractivity contribution >= 4 is 26.6 Å². The highest BCUT2D eigenvalue weighted by molar-refractivity contribution is 7.92. The molecule has 0 saturated carbocycles. The van der Waals surface area contributed by atoms with Crippen LogP contribution in [0, 0.1) is 6.92 Å². The van der Waals surface area contributed by atoms with Gasteiger partial charge in [0.25, 0.3) is 10.0 Å². The maximum absolute atomic E-state index is 12.7. The van der Waals surface area contributed by atoms with Crippen LogP contribution in [0.4, 0.5) is 5.69 Å². The molecule has 3 rings (SSSR count). The van der Waals surface area contributed by atoms with Gasteiger partial charge in [-0.3, -0.25) is 4.72 Å². The van der Waals surface area contributed by atoms with Crippen LogP contribution in [0.25, 0.3) is 10.9 Å². The van der Waals surface area contributed by atoms with E-state index in [2.05, 4.69) is 21.9 Å². The molecular formula is C20H23N3O2S. The van der Waals surface area contributed by atoms with E-state index in [0.717, 1.165) is 29.6 Å². The van der Waals surface area contributed by atoms with Crippen LogP contribution in [0.15, 0.2) is 59.5 Å². The third-order valence-electron chi connectivity index (χ3n) is 4.09. The highest BCUT2D eigenvalue weighted by Gasteiger charge is 2.16. The summed E-state index contributed by atoms with van der Waals surface area (Å²) >= 11 is 0. The molecule has 6 heteroatoms. The Hall–Kier alpha value is -2.44. The predicted molar refractivity (Wildman–Crippen MR) is 106 cm³/mol. The highest BCUT2D eigenvalue weighted by Crippen LogP contribution is 2.24. The average Bonchev–Trinajstić information content (AvgIpc) is 2.62. The molecule has 0 atom stereocenters. The van der Waals surface area contributed by atoms with Gasteiger partial charge in [0, 0.05) is 11.9 Å². The first-order valence-corrected chi connectivity index (χ1v) is 10.2. The van der Waals surface area contributed by atoms with Gasteiger partial charge in [0.15, 0.2) is 0 Å². The van der Waals surface area contributed by atoms with E-state index in [0.29, 0.717) is 17.7 Å². The van der Waals surface area contributed by atoms with Crippen molar-refractivity contribution in [2.75, 3.05) is 11.3 Å². The molecule has 2 aromatic carbocycles. The molecule has 0 radical (unpaired) electrons. The van der Waals surface area contributed by atoms with E-state index >= 15 is 0 Å². The molecule has 1 heterocycles. The van der Waals surface area contributed by atoms with Crippen molar-refractivity contribution in [2.24, 2.45) is 0 Å². The van der Waals surface area contributed by atoms with E-state index in [4.69, 9.17) is 0 Å². The van der Waals surface area contributed by atoms with Gasteiger partial charge < -0.3 is 5.32 Å². The summed E-state index contributed by atoms with van der Waals surface area (Å²) in [5, 5.41) is 4.21. The molecule has 0 aliphatic rings. The van der Waals surface area contributed by atoms with E-state index < -0.39 is 10.0 Å². The lowest BCUT2D eigenvalue weighted by atomic mass is 10.2. The minimum absolute atomic E-state index is 0.237. The second kappa shape index (κ2) is 7.85. The second-order valence-corrected chi connectivity index (χ2v) is 7.96. The minimum atomic E-state index is -3.66. The van der Waals surface area contributed by atoms with E-state index in [9.17, 15) is 8.42 Å². The number of sulfonamides is 1. The smallest absolute Gasteiger partial charge is 0.261 e. The Bertz CT molecular complexity index is 999. The Morgan fingerprint density at radius 2 is 1.77 bits per heavy atom. The normalized spacial score (nSPS) is 11.6. The highest BCUT2D eigenvalue weighted by atomic mass is 32.2. The Kier molecular flexibility index (Phi) is 5.54. The van der Waals surface area contributed by atoms with Crippen LogP contribution < -0.4 is 10.0 Å². The van der Waals surface area contributed by atoms with Crippen molar-refractivity contribution in [1.29, 1.82) is 0 Å². The number of fused-ring (bicyclic) bond motifs is 1. The molecule has 5 nitrogen and oxygen atoms in total. The molecule has 0 fully saturated rings. The van der Waals surface area contributed by atoms with Gasteiger partial charge in [0.2, 0.25) is 0 Å². The fraction of sp³-hybridized carbons (Fsp3) is 0.250. The first-order valence-electron chi connectivity index (χ1n) is 8.68. The van der Waals surface area contributed by atoms with Crippen LogP contribution in [-0.4, -0.2) is 19.9 Å². The minimum Gasteiger partial charge on any atom is -0.311 e. The SMILES string of the molecule is CCCNCc1ccc2cccc(NS(=O)(=O)c3ccc(C)cc3)c2n1. The average molecular weight is 369 g/mol. The molecule has 26 heavy (non-hydrogen) atoms. The molecule has 0 amide bonds. The lowest BCUT2D eigenvalue weighted by molar-refractivity contribution is 0.601. The van der Waals surface area contributed by atoms with E-state index in [-0.39, 0.29) is 4.90 Å². The molecule has 0 unspecified atom stereocenters. The Morgan fingerprint density at radius 1 is 1.00 bits per heavy atom. The molecule has 0 spiro atoms. The Morgan fingerprint density at radius 3 is 2.50 bits per heavy atom. The summed E-state index contributed by atoms with van der Waals surface area (Å²) in [6.45, 7) is 5.61. The van der Waals surface area contributed by atoms with Crippen molar-refractivity contribution in [1.82, 2.24) is 10.3 Å². The zero-order chi connectivity index (χ0) is 18.6. The van der Waals surface area contributed by atoms with E-state index in [1.54, 1.807) is 30.3 Å². The van der Waals surface area contributed by atoms with Gasteiger partial charge in [-0.1, -0.05) is 42.8 Å². The summed E-state index contributed by atoms with van der Waals surface area (Å²) in [6, 6.07) is 16.2. The number of nitrogens with zero attached hydrogens (tertiary/aromatic N) is 1. The third-order valence-corrected chi connectivity index (χ3v) is 5.47. The number of hydrogen-bond acceptors (Lipinski definition) is 4. The second-order valence-electron chi connectivity index (χ2n) is 6.28. The van der Waals surface area contributed by atoms with Crippen LogP contribution in [0.3, 0.4) is 0 Å². The van der Waals surface area contributed by atoms with Crippen molar-refractivity contribution in [2.45, 2.75) is 31.7 Å². The lowest BCUT2D eigenvalue weighted by Crippen LogP contribution is -2.15. The van der Waals surface area contributed by atoms with Crippen LogP contribution in [0.2, 0.25) is 0 Å². The number of hydrogen-bond donors (Lipinski definition) is 2. The molecule has 0 saturated heterocycles. The maximum Gasteiger partial charge on any atom is 0.261 e. The third kappa shape index (κ3) is 4.20. The largest absolute Gasteiger partial charge is 0.311 e. The number of nitrogens with one attached hydrogen (secondary N) is 2. The Balaban J connectivity index is 1.93. The van der Waals surface area contributed by atoms with Crippen LogP contribution >= 0.6 is 0 Å². The summed E-state index contributed by atoms with van der Waals surface area (Å²) in [5.41, 5.74) is 3.03. The quantitative estimate of drug-likeness (QED) is 0.621. The zero-order valence-electron chi connectivity index (χ0n) is 15.0. The van der Waals surface area contributed by atoms with Crippen LogP contribution in [0.5, 0.6) is 0 Å². The number of aromatic nitrogens is 1. The monoisotopic (exact) mass is 369 g/mol. The molecule has 3 aromatic rings. The van der Waals surface area contributed by atoms with Gasteiger partial charge in [0.05, 0.1) is 21.8 Å². The molecule has 1 aromatic heterocycles. The maximum atomic E-state index is 12.7. The number of para-hydroxylation sites is 1. The van der Waals surface area contributed by atoms with Crippen molar-refractivity contribution in [3.63, 3.8) is 0 Å². The number of anilines is 1. The van der Waals surface area contributed by atoms with Crippen LogP contribution in [0.1, 0.15) is 24.6 Å². The molecule has 0 aliphatic heterocycles. The standard InChI is InChI=1S/C20H23N3O2S/c1-3-13-21-14-17-10-9-16-5-4-6-19(20(16)22-17)23-26(24,25)18-11-7-15(2)8-12-18/h4-12,21,23H,3,13-14H2,1-2H3. The van der Waals surface area contributed by atoms with Gasteiger partial charge in [-0.15, -0.1) is 0 Å². The summed E-state index contributed by atoms with van der Waals surface area (Å²) < 4.78 is 28.1. The molecule has 0 aliphatic carbocycles. The zero-order valence-corrected chi connectivity index (χ0v) is 15.8. The summed E-state index contributed by atoms with van der Waals surface area (Å²) in [5.74, 6) is 0. The van der Waals surface area contributed by atoms with Gasteiger partial charge in [-0.25, -0.2) is 13.4 Å². The number of aryl methyl sites for hydroxylation is 1. The summed E-state index contributed by atoms with van der Waals surface area (Å²) in [6.07, 6.45) is 1.05. The molecule has 2 N–H and O–H groups in total. The fourth-order valence-corrected chi connectivity index (χ4v) is 3.75. The lowest BCUT2D eigenvalue weighted by Gasteiger charge is -2.12. The van der Waals surface area contributed by atoms with Crippen molar-refractivity contribution < 1.29 is 8.42 Å². The topological polar surface area (TPSA) is 71.1 Å². The number of rotatable bonds is 7. The first kappa shape index (κ1) is 18.4. The molecule has 0 bridgehead atoms. The van der Waals surface area contributed by atoms with E-state index in [1.807, 2.05) is 31.2 Å². The molecular weight excluding hydrogens is 346 g/mol. The van der Waals surface area contributed by atoms with Crippen molar-refractivity contribution in [3.8, 4) is 0 Å². The molecule has 136 valence electrons. The predicted octanol–water partition coefficient (Wildman–Crippen LogP) is 3.84. The van der Waals surface area contributed by atoms with Gasteiger partial charge >= 0.3 is 0 Å². The van der Waals surface area contributed by atoms with Gasteiger partial charge in [0.1, 0.15) is 0 Å². The number of pyridine rings is 1. The summed E-state index contributed by atoms with van der Waals surface area (Å²) in [7, 11) is -3.66. The van der Waals surface area contributed by atoms with E-state index in [1.165, 1.54) is 0 Å². The van der Waals surface area contributed by atoms with Crippen molar-refractivity contribution in [3.05, 3.63) is 65.9 Å². The van der Waals surface area contributed by atoms with Gasteiger partial charge in [-0.05, 0) is 44.2 Å². The summed E-state index contributed by atoms with van der Waals surface area (Å²) in [4.78, 5) is 4.89. The number of benzene rings is 2. The van der Waals surface area contributed by atoms with Gasteiger partial charge in [-0.2, -0.15) is 0 Å². The Labute approximate surface area is 154 Å². The first-order chi connectivity index (χ1) is 12.5.